The van der Waals surface area contributed by atoms with E-state index in [0.29, 0.717) is 35.3 Å². The number of fused-ring (bicyclic) bond motifs is 1. The molecule has 14 nitrogen and oxygen atoms in total. The van der Waals surface area contributed by atoms with Crippen molar-refractivity contribution in [3.8, 4) is 11.5 Å². The lowest BCUT2D eigenvalue weighted by atomic mass is 9.85. The van der Waals surface area contributed by atoms with Crippen LogP contribution in [-0.4, -0.2) is 100 Å². The standard InChI is InChI=1S/C32H39N7O7/c1-17(2)38(16-18-6-8-37(9-7-18)32-34-14-19(15-35-32)28(33)41)20-10-21(11-20)46-22-12-23-27(25(13-22)45-3)31(44)39(30(23)43)24-4-5-26(40)36-29(24)42/h12-15,17-18,20-21,24H,4-11,16H2,1-3H3,(H2,33,41)(H,36,40,42)/t20?,21?,24-/m0/s1. The molecule has 14 heteroatoms. The lowest BCUT2D eigenvalue weighted by Crippen LogP contribution is -2.54. The number of primary amides is 1. The fraction of sp³-hybridized carbons (Fsp3) is 0.531. The molecule has 3 fully saturated rings. The number of piperidine rings is 2. The molecule has 46 heavy (non-hydrogen) atoms. The maximum absolute atomic E-state index is 13.4. The van der Waals surface area contributed by atoms with Crippen molar-refractivity contribution in [3.63, 3.8) is 0 Å². The summed E-state index contributed by atoms with van der Waals surface area (Å²) in [6.45, 7) is 7.07. The first-order chi connectivity index (χ1) is 22.0. The van der Waals surface area contributed by atoms with E-state index in [4.69, 9.17) is 15.2 Å². The van der Waals surface area contributed by atoms with Gasteiger partial charge >= 0.3 is 0 Å². The number of nitrogens with zero attached hydrogens (tertiary/aromatic N) is 5. The van der Waals surface area contributed by atoms with Crippen LogP contribution in [-0.2, 0) is 9.59 Å². The van der Waals surface area contributed by atoms with Gasteiger partial charge in [-0.2, -0.15) is 0 Å². The molecule has 0 spiro atoms. The third-order valence-corrected chi connectivity index (χ3v) is 9.49. The van der Waals surface area contributed by atoms with Gasteiger partial charge in [-0.1, -0.05) is 0 Å². The Morgan fingerprint density at radius 1 is 1.07 bits per heavy atom. The topological polar surface area (TPSA) is 177 Å². The van der Waals surface area contributed by atoms with E-state index in [9.17, 15) is 24.0 Å². The molecule has 2 saturated heterocycles. The van der Waals surface area contributed by atoms with Crippen molar-refractivity contribution < 1.29 is 33.4 Å². The van der Waals surface area contributed by atoms with Gasteiger partial charge in [0, 0.05) is 69.4 Å². The molecule has 1 aromatic carbocycles. The summed E-state index contributed by atoms with van der Waals surface area (Å²) in [5.74, 6) is -1.06. The van der Waals surface area contributed by atoms with E-state index in [1.54, 1.807) is 12.1 Å². The summed E-state index contributed by atoms with van der Waals surface area (Å²) in [5, 5.41) is 2.21. The minimum absolute atomic E-state index is 0.0494. The normalized spacial score (nSPS) is 23.5. The first-order valence-corrected chi connectivity index (χ1v) is 15.8. The summed E-state index contributed by atoms with van der Waals surface area (Å²) in [7, 11) is 1.42. The second-order valence-electron chi connectivity index (χ2n) is 12.7. The molecule has 1 atom stereocenters. The van der Waals surface area contributed by atoms with Gasteiger partial charge < -0.3 is 20.1 Å². The van der Waals surface area contributed by atoms with E-state index in [2.05, 4.69) is 38.9 Å². The summed E-state index contributed by atoms with van der Waals surface area (Å²) < 4.78 is 11.8. The average Bonchev–Trinajstić information content (AvgIpc) is 3.26. The molecule has 5 amide bonds. The first kappa shape index (κ1) is 31.4. The molecule has 3 N–H and O–H groups in total. The van der Waals surface area contributed by atoms with Gasteiger partial charge in [-0.05, 0) is 45.1 Å². The van der Waals surface area contributed by atoms with Crippen LogP contribution in [0, 0.1) is 5.92 Å². The number of anilines is 1. The van der Waals surface area contributed by atoms with E-state index in [-0.39, 0.29) is 35.8 Å². The Balaban J connectivity index is 1.05. The number of carbonyl (C=O) groups excluding carboxylic acids is 5. The number of nitrogens with two attached hydrogens (primary N) is 1. The molecule has 1 saturated carbocycles. The van der Waals surface area contributed by atoms with Gasteiger partial charge in [0.05, 0.1) is 23.8 Å². The second kappa shape index (κ2) is 12.7. The zero-order valence-corrected chi connectivity index (χ0v) is 26.2. The summed E-state index contributed by atoms with van der Waals surface area (Å²) in [6.07, 6.45) is 6.68. The van der Waals surface area contributed by atoms with Crippen molar-refractivity contribution in [1.82, 2.24) is 25.1 Å². The Bertz CT molecular complexity index is 1550. The number of aromatic nitrogens is 2. The first-order valence-electron chi connectivity index (χ1n) is 15.8. The zero-order valence-electron chi connectivity index (χ0n) is 26.2. The monoisotopic (exact) mass is 633 g/mol. The number of ether oxygens (including phenoxy) is 2. The van der Waals surface area contributed by atoms with Gasteiger partial charge in [-0.3, -0.25) is 39.1 Å². The number of nitrogens with one attached hydrogen (secondary N) is 1. The lowest BCUT2D eigenvalue weighted by molar-refractivity contribution is -0.136. The van der Waals surface area contributed by atoms with E-state index in [0.717, 1.165) is 50.2 Å². The highest BCUT2D eigenvalue weighted by Crippen LogP contribution is 2.39. The number of hydrogen-bond donors (Lipinski definition) is 2. The maximum Gasteiger partial charge on any atom is 0.266 e. The average molecular weight is 634 g/mol. The molecule has 2 aromatic rings. The van der Waals surface area contributed by atoms with Crippen LogP contribution in [0.2, 0.25) is 0 Å². The third kappa shape index (κ3) is 6.00. The van der Waals surface area contributed by atoms with Gasteiger partial charge in [-0.15, -0.1) is 0 Å². The molecule has 0 bridgehead atoms. The third-order valence-electron chi connectivity index (χ3n) is 9.49. The molecular weight excluding hydrogens is 594 g/mol. The molecule has 3 aliphatic heterocycles. The quantitative estimate of drug-likeness (QED) is 0.363. The van der Waals surface area contributed by atoms with E-state index >= 15 is 0 Å². The van der Waals surface area contributed by atoms with Crippen LogP contribution in [0.15, 0.2) is 24.5 Å². The van der Waals surface area contributed by atoms with Gasteiger partial charge in [-0.25, -0.2) is 9.97 Å². The summed E-state index contributed by atoms with van der Waals surface area (Å²) >= 11 is 0. The number of carbonyl (C=O) groups is 5. The molecule has 6 rings (SSSR count). The van der Waals surface area contributed by atoms with Gasteiger partial charge in [0.15, 0.2) is 0 Å². The van der Waals surface area contributed by atoms with Crippen LogP contribution in [0.25, 0.3) is 0 Å². The van der Waals surface area contributed by atoms with Crippen LogP contribution in [0.1, 0.15) is 83.4 Å². The SMILES string of the molecule is COc1cc(OC2CC(N(CC3CCN(c4ncc(C(N)=O)cn4)CC3)C(C)C)C2)cc2c1C(=O)N([C@H]1CCC(=O)NC1=O)C2=O. The maximum atomic E-state index is 13.4. The number of rotatable bonds is 10. The van der Waals surface area contributed by atoms with Crippen LogP contribution >= 0.6 is 0 Å². The fourth-order valence-corrected chi connectivity index (χ4v) is 6.87. The molecule has 244 valence electrons. The van der Waals surface area contributed by atoms with E-state index in [1.165, 1.54) is 19.5 Å². The minimum Gasteiger partial charge on any atom is -0.496 e. The highest BCUT2D eigenvalue weighted by Gasteiger charge is 2.47. The van der Waals surface area contributed by atoms with Crippen LogP contribution in [0.4, 0.5) is 5.95 Å². The van der Waals surface area contributed by atoms with Crippen molar-refractivity contribution in [2.75, 3.05) is 31.6 Å². The minimum atomic E-state index is -1.05. The number of methoxy groups -OCH3 is 1. The van der Waals surface area contributed by atoms with Crippen molar-refractivity contribution in [2.45, 2.75) is 76.6 Å². The highest BCUT2D eigenvalue weighted by atomic mass is 16.5. The number of benzene rings is 1. The Kier molecular flexibility index (Phi) is 8.64. The molecule has 0 unspecified atom stereocenters. The summed E-state index contributed by atoms with van der Waals surface area (Å²) in [4.78, 5) is 76.3. The molecule has 1 aromatic heterocycles. The van der Waals surface area contributed by atoms with Crippen LogP contribution < -0.4 is 25.4 Å². The lowest BCUT2D eigenvalue weighted by Gasteiger charge is -2.46. The Hall–Kier alpha value is -4.59. The van der Waals surface area contributed by atoms with Gasteiger partial charge in [0.2, 0.25) is 17.8 Å². The highest BCUT2D eigenvalue weighted by molar-refractivity contribution is 6.24. The van der Waals surface area contributed by atoms with Crippen molar-refractivity contribution in [1.29, 1.82) is 0 Å². The van der Waals surface area contributed by atoms with E-state index < -0.39 is 35.6 Å². The van der Waals surface area contributed by atoms with Crippen LogP contribution in [0.3, 0.4) is 0 Å². The number of amides is 5. The molecule has 4 heterocycles. The smallest absolute Gasteiger partial charge is 0.266 e. The predicted octanol–water partition coefficient (Wildman–Crippen LogP) is 1.52. The van der Waals surface area contributed by atoms with Crippen molar-refractivity contribution in [3.05, 3.63) is 41.2 Å². The second-order valence-corrected chi connectivity index (χ2v) is 12.7. The Morgan fingerprint density at radius 2 is 1.76 bits per heavy atom. The molecule has 0 radical (unpaired) electrons. The Labute approximate surface area is 266 Å². The predicted molar refractivity (Wildman–Crippen MR) is 164 cm³/mol. The zero-order chi connectivity index (χ0) is 32.7. The number of imide groups is 2. The van der Waals surface area contributed by atoms with Gasteiger partial charge in [0.1, 0.15) is 23.6 Å². The van der Waals surface area contributed by atoms with Crippen molar-refractivity contribution >= 4 is 35.5 Å². The fourth-order valence-electron chi connectivity index (χ4n) is 6.87. The number of hydrogen-bond acceptors (Lipinski definition) is 11. The summed E-state index contributed by atoms with van der Waals surface area (Å²) in [5.41, 5.74) is 5.82. The van der Waals surface area contributed by atoms with Crippen molar-refractivity contribution in [2.24, 2.45) is 11.7 Å². The molecular formula is C32H39N7O7. The van der Waals surface area contributed by atoms with Crippen LogP contribution in [0.5, 0.6) is 11.5 Å². The summed E-state index contributed by atoms with van der Waals surface area (Å²) in [6, 6.07) is 2.83. The molecule has 1 aliphatic carbocycles. The van der Waals surface area contributed by atoms with Gasteiger partial charge in [0.25, 0.3) is 17.7 Å². The molecule has 4 aliphatic rings. The largest absolute Gasteiger partial charge is 0.496 e. The van der Waals surface area contributed by atoms with E-state index in [1.807, 2.05) is 0 Å². The Morgan fingerprint density at radius 3 is 2.37 bits per heavy atom.